The van der Waals surface area contributed by atoms with E-state index in [2.05, 4.69) is 4.98 Å². The lowest BCUT2D eigenvalue weighted by molar-refractivity contribution is 0.413. The quantitative estimate of drug-likeness (QED) is 0.529. The molecule has 0 unspecified atom stereocenters. The van der Waals surface area contributed by atoms with E-state index < -0.39 is 11.6 Å². The number of nitrogens with zero attached hydrogens (tertiary/aromatic N) is 2. The molecule has 0 radical (unpaired) electrons. The number of aromatic nitrogens is 2. The zero-order valence-electron chi connectivity index (χ0n) is 15.5. The van der Waals surface area contributed by atoms with Gasteiger partial charge in [0.2, 0.25) is 5.88 Å². The highest BCUT2D eigenvalue weighted by molar-refractivity contribution is 6.12. The number of benzene rings is 2. The van der Waals surface area contributed by atoms with Crippen LogP contribution in [0.1, 0.15) is 13.3 Å². The average Bonchev–Trinajstić information content (AvgIpc) is 2.98. The Hall–Kier alpha value is -3.35. The van der Waals surface area contributed by atoms with Crippen LogP contribution < -0.4 is 10.5 Å². The molecule has 0 amide bonds. The highest BCUT2D eigenvalue weighted by Crippen LogP contribution is 2.42. The molecule has 2 aromatic heterocycles. The van der Waals surface area contributed by atoms with Gasteiger partial charge in [-0.25, -0.2) is 13.8 Å². The van der Waals surface area contributed by atoms with Crippen LogP contribution in [0.25, 0.3) is 32.9 Å². The fourth-order valence-corrected chi connectivity index (χ4v) is 3.60. The first-order valence-electron chi connectivity index (χ1n) is 8.90. The molecule has 4 aromatic rings. The topological polar surface area (TPSA) is 73.3 Å². The third-order valence-corrected chi connectivity index (χ3v) is 4.86. The fourth-order valence-electron chi connectivity index (χ4n) is 3.60. The van der Waals surface area contributed by atoms with Gasteiger partial charge in [-0.1, -0.05) is 13.0 Å². The number of aromatic hydroxyl groups is 1. The van der Waals surface area contributed by atoms with E-state index in [0.717, 1.165) is 6.42 Å². The minimum Gasteiger partial charge on any atom is -0.496 e. The molecule has 144 valence electrons. The number of halogens is 2. The lowest BCUT2D eigenvalue weighted by atomic mass is 9.98. The summed E-state index contributed by atoms with van der Waals surface area (Å²) in [5, 5.41) is 11.3. The number of nitrogens with two attached hydrogens (primary N) is 1. The number of ether oxygens (including phenoxy) is 1. The van der Waals surface area contributed by atoms with Crippen molar-refractivity contribution >= 4 is 27.5 Å². The molecule has 7 heteroatoms. The van der Waals surface area contributed by atoms with Gasteiger partial charge in [-0.05, 0) is 30.7 Å². The van der Waals surface area contributed by atoms with Gasteiger partial charge in [-0.3, -0.25) is 0 Å². The molecule has 0 aliphatic heterocycles. The summed E-state index contributed by atoms with van der Waals surface area (Å²) < 4.78 is 36.4. The van der Waals surface area contributed by atoms with E-state index in [1.807, 2.05) is 6.92 Å². The van der Waals surface area contributed by atoms with Gasteiger partial charge in [0.25, 0.3) is 0 Å². The van der Waals surface area contributed by atoms with E-state index in [4.69, 9.17) is 10.5 Å². The van der Waals surface area contributed by atoms with Gasteiger partial charge in [-0.2, -0.15) is 0 Å². The van der Waals surface area contributed by atoms with Crippen molar-refractivity contribution in [3.8, 4) is 22.8 Å². The Kier molecular flexibility index (Phi) is 4.30. The molecule has 4 rings (SSSR count). The monoisotopic (exact) mass is 383 g/mol. The smallest absolute Gasteiger partial charge is 0.202 e. The van der Waals surface area contributed by atoms with Crippen LogP contribution in [0, 0.1) is 11.6 Å². The summed E-state index contributed by atoms with van der Waals surface area (Å²) in [6.45, 7) is 2.57. The number of anilines is 1. The van der Waals surface area contributed by atoms with Gasteiger partial charge in [0.1, 0.15) is 17.4 Å². The second-order valence-electron chi connectivity index (χ2n) is 6.57. The normalized spacial score (nSPS) is 11.4. The highest BCUT2D eigenvalue weighted by Gasteiger charge is 2.23. The summed E-state index contributed by atoms with van der Waals surface area (Å²) in [5.74, 6) is -1.06. The first kappa shape index (κ1) is 18.0. The molecule has 0 saturated carbocycles. The Balaban J connectivity index is 2.14. The second kappa shape index (κ2) is 6.67. The standard InChI is InChI=1S/C21H19F2N3O2/c1-3-9-26-10-14-18(21(26)27)19(24)11-7-8-13(23)17(20(11)25-14)16-12(22)5-4-6-15(16)28-2/h4-8,10,27H,3,9,24H2,1-2H3. The Bertz CT molecular complexity index is 1220. The first-order valence-corrected chi connectivity index (χ1v) is 8.90. The zero-order chi connectivity index (χ0) is 20.0. The van der Waals surface area contributed by atoms with Gasteiger partial charge in [0.05, 0.1) is 40.3 Å². The maximum atomic E-state index is 14.9. The molecule has 0 atom stereocenters. The lowest BCUT2D eigenvalue weighted by Crippen LogP contribution is -1.98. The van der Waals surface area contributed by atoms with Crippen LogP contribution in [-0.4, -0.2) is 21.8 Å². The van der Waals surface area contributed by atoms with Gasteiger partial charge in [-0.15, -0.1) is 0 Å². The number of pyridine rings is 1. The van der Waals surface area contributed by atoms with Crippen molar-refractivity contribution in [1.29, 1.82) is 0 Å². The SMILES string of the molecule is CCCn1cc2nc3c(-c4c(F)cccc4OC)c(F)ccc3c(N)c2c1O. The number of rotatable bonds is 4. The van der Waals surface area contributed by atoms with E-state index >= 15 is 0 Å². The summed E-state index contributed by atoms with van der Waals surface area (Å²) in [7, 11) is 1.39. The van der Waals surface area contributed by atoms with Crippen molar-refractivity contribution in [2.45, 2.75) is 19.9 Å². The molecular formula is C21H19F2N3O2. The molecule has 0 bridgehead atoms. The third-order valence-electron chi connectivity index (χ3n) is 4.86. The molecule has 3 N–H and O–H groups in total. The Morgan fingerprint density at radius 2 is 1.89 bits per heavy atom. The van der Waals surface area contributed by atoms with Crippen LogP contribution in [-0.2, 0) is 6.54 Å². The van der Waals surface area contributed by atoms with Crippen LogP contribution in [0.3, 0.4) is 0 Å². The predicted octanol–water partition coefficient (Wildman–Crippen LogP) is 4.84. The van der Waals surface area contributed by atoms with Crippen LogP contribution in [0.4, 0.5) is 14.5 Å². The molecule has 0 saturated heterocycles. The maximum Gasteiger partial charge on any atom is 0.202 e. The zero-order valence-corrected chi connectivity index (χ0v) is 15.5. The van der Waals surface area contributed by atoms with Crippen LogP contribution in [0.2, 0.25) is 0 Å². The Labute approximate surface area is 160 Å². The number of nitrogen functional groups attached to an aromatic ring is 1. The van der Waals surface area contributed by atoms with E-state index in [1.165, 1.54) is 31.4 Å². The molecule has 0 aliphatic carbocycles. The second-order valence-corrected chi connectivity index (χ2v) is 6.57. The number of fused-ring (bicyclic) bond motifs is 2. The molecule has 0 aliphatic rings. The van der Waals surface area contributed by atoms with E-state index in [1.54, 1.807) is 16.8 Å². The largest absolute Gasteiger partial charge is 0.496 e. The molecule has 28 heavy (non-hydrogen) atoms. The van der Waals surface area contributed by atoms with Gasteiger partial charge in [0.15, 0.2) is 0 Å². The molecule has 2 heterocycles. The molecular weight excluding hydrogens is 364 g/mol. The van der Waals surface area contributed by atoms with Crippen molar-refractivity contribution in [2.24, 2.45) is 0 Å². The van der Waals surface area contributed by atoms with Crippen LogP contribution in [0.15, 0.2) is 36.5 Å². The van der Waals surface area contributed by atoms with Crippen molar-refractivity contribution in [1.82, 2.24) is 9.55 Å². The van der Waals surface area contributed by atoms with E-state index in [9.17, 15) is 13.9 Å². The predicted molar refractivity (Wildman–Crippen MR) is 106 cm³/mol. The lowest BCUT2D eigenvalue weighted by Gasteiger charge is -2.14. The summed E-state index contributed by atoms with van der Waals surface area (Å²) in [6, 6.07) is 6.99. The first-order chi connectivity index (χ1) is 13.5. The number of hydrogen-bond donors (Lipinski definition) is 2. The van der Waals surface area contributed by atoms with Crippen LogP contribution >= 0.6 is 0 Å². The van der Waals surface area contributed by atoms with Crippen molar-refractivity contribution in [3.63, 3.8) is 0 Å². The van der Waals surface area contributed by atoms with Crippen molar-refractivity contribution in [3.05, 3.63) is 48.2 Å². The summed E-state index contributed by atoms with van der Waals surface area (Å²) in [6.07, 6.45) is 2.47. The molecule has 5 nitrogen and oxygen atoms in total. The van der Waals surface area contributed by atoms with Crippen LogP contribution in [0.5, 0.6) is 11.6 Å². The number of aryl methyl sites for hydroxylation is 1. The van der Waals surface area contributed by atoms with Gasteiger partial charge >= 0.3 is 0 Å². The van der Waals surface area contributed by atoms with E-state index in [-0.39, 0.29) is 34.0 Å². The molecule has 2 aromatic carbocycles. The number of methoxy groups -OCH3 is 1. The highest BCUT2D eigenvalue weighted by atomic mass is 19.1. The van der Waals surface area contributed by atoms with Gasteiger partial charge in [0, 0.05) is 18.1 Å². The van der Waals surface area contributed by atoms with Crippen molar-refractivity contribution in [2.75, 3.05) is 12.8 Å². The minimum absolute atomic E-state index is 0.0121. The maximum absolute atomic E-state index is 14.9. The summed E-state index contributed by atoms with van der Waals surface area (Å²) in [5.41, 5.74) is 7.16. The minimum atomic E-state index is -0.639. The van der Waals surface area contributed by atoms with Crippen molar-refractivity contribution < 1.29 is 18.6 Å². The Morgan fingerprint density at radius 1 is 1.14 bits per heavy atom. The van der Waals surface area contributed by atoms with E-state index in [0.29, 0.717) is 22.8 Å². The fraction of sp³-hybridized carbons (Fsp3) is 0.190. The molecule has 0 fully saturated rings. The average molecular weight is 383 g/mol. The number of hydrogen-bond acceptors (Lipinski definition) is 4. The third kappa shape index (κ3) is 2.54. The Morgan fingerprint density at radius 3 is 2.61 bits per heavy atom. The molecule has 0 spiro atoms. The van der Waals surface area contributed by atoms with Gasteiger partial charge < -0.3 is 20.1 Å². The summed E-state index contributed by atoms with van der Waals surface area (Å²) >= 11 is 0. The summed E-state index contributed by atoms with van der Waals surface area (Å²) in [4.78, 5) is 4.53.